The molecule has 3 heterocycles. The van der Waals surface area contributed by atoms with Gasteiger partial charge in [-0.1, -0.05) is 6.07 Å². The molecule has 5 rings (SSSR count). The minimum atomic E-state index is 0.0465. The summed E-state index contributed by atoms with van der Waals surface area (Å²) < 4.78 is 0. The Labute approximate surface area is 147 Å². The number of anilines is 1. The molecular formula is C19H23N5O. The first-order chi connectivity index (χ1) is 12.2. The number of urea groups is 1. The van der Waals surface area contributed by atoms with Gasteiger partial charge in [-0.2, -0.15) is 15.0 Å². The number of nitrogens with zero attached hydrogens (tertiary/aromatic N) is 4. The smallest absolute Gasteiger partial charge is 0.318 e. The fourth-order valence-electron chi connectivity index (χ4n) is 4.40. The average Bonchev–Trinajstić information content (AvgIpc) is 3.36. The molecule has 6 nitrogen and oxygen atoms in total. The SMILES string of the molecule is Cn1ncc(-c2cc(NC(=O)N3C4CCCC3C4)ccc2C2CC2)n1. The molecule has 2 bridgehead atoms. The summed E-state index contributed by atoms with van der Waals surface area (Å²) in [5.74, 6) is 0.622. The third-order valence-electron chi connectivity index (χ3n) is 5.84. The number of fused-ring (bicyclic) bond motifs is 2. The van der Waals surface area contributed by atoms with Gasteiger partial charge in [0.1, 0.15) is 5.69 Å². The van der Waals surface area contributed by atoms with Crippen LogP contribution >= 0.6 is 0 Å². The van der Waals surface area contributed by atoms with E-state index in [2.05, 4.69) is 27.6 Å². The van der Waals surface area contributed by atoms with Gasteiger partial charge >= 0.3 is 6.03 Å². The van der Waals surface area contributed by atoms with Gasteiger partial charge < -0.3 is 10.2 Å². The molecule has 3 aliphatic rings. The quantitative estimate of drug-likeness (QED) is 0.932. The maximum absolute atomic E-state index is 12.7. The van der Waals surface area contributed by atoms with E-state index >= 15 is 0 Å². The van der Waals surface area contributed by atoms with Crippen LogP contribution in [0.25, 0.3) is 11.3 Å². The second-order valence-electron chi connectivity index (χ2n) is 7.61. The summed E-state index contributed by atoms with van der Waals surface area (Å²) in [5.41, 5.74) is 4.14. The van der Waals surface area contributed by atoms with E-state index in [4.69, 9.17) is 0 Å². The summed E-state index contributed by atoms with van der Waals surface area (Å²) in [6, 6.07) is 7.18. The monoisotopic (exact) mass is 337 g/mol. The second-order valence-corrected chi connectivity index (χ2v) is 7.61. The Morgan fingerprint density at radius 3 is 2.64 bits per heavy atom. The fourth-order valence-corrected chi connectivity index (χ4v) is 4.40. The Bertz CT molecular complexity index is 811. The molecule has 2 unspecified atom stereocenters. The zero-order chi connectivity index (χ0) is 17.0. The Kier molecular flexibility index (Phi) is 3.33. The second kappa shape index (κ2) is 5.58. The van der Waals surface area contributed by atoms with Crippen LogP contribution < -0.4 is 5.32 Å². The van der Waals surface area contributed by atoms with Crippen molar-refractivity contribution in [3.8, 4) is 11.3 Å². The molecule has 1 N–H and O–H groups in total. The lowest BCUT2D eigenvalue weighted by atomic mass is 9.80. The lowest BCUT2D eigenvalue weighted by Gasteiger charge is -2.52. The molecule has 130 valence electrons. The zero-order valence-corrected chi connectivity index (χ0v) is 14.5. The number of benzene rings is 1. The topological polar surface area (TPSA) is 63.1 Å². The van der Waals surface area contributed by atoms with E-state index in [-0.39, 0.29) is 6.03 Å². The number of aryl methyl sites for hydroxylation is 1. The highest BCUT2D eigenvalue weighted by atomic mass is 16.2. The van der Waals surface area contributed by atoms with Crippen LogP contribution in [0.15, 0.2) is 24.4 Å². The third kappa shape index (κ3) is 2.60. The maximum Gasteiger partial charge on any atom is 0.322 e. The number of hydrogen-bond donors (Lipinski definition) is 1. The van der Waals surface area contributed by atoms with Crippen LogP contribution in [0.1, 0.15) is 50.0 Å². The molecule has 1 aromatic carbocycles. The lowest BCUT2D eigenvalue weighted by molar-refractivity contribution is 0.0173. The van der Waals surface area contributed by atoms with Crippen LogP contribution in [0.3, 0.4) is 0 Å². The van der Waals surface area contributed by atoms with Crippen molar-refractivity contribution in [3.05, 3.63) is 30.0 Å². The van der Waals surface area contributed by atoms with Gasteiger partial charge in [0.05, 0.1) is 6.20 Å². The number of carbonyl (C=O) groups excluding carboxylic acids is 1. The standard InChI is InChI=1S/C19H23N5O/c1-23-20-11-18(22-23)17-9-13(7-8-16(17)12-5-6-12)21-19(25)24-14-3-2-4-15(24)10-14/h7-9,11-12,14-15H,2-6,10H2,1H3,(H,21,25). The molecule has 2 aromatic rings. The first-order valence-corrected chi connectivity index (χ1v) is 9.29. The fraction of sp³-hybridized carbons (Fsp3) is 0.526. The predicted molar refractivity (Wildman–Crippen MR) is 95.3 cm³/mol. The Morgan fingerprint density at radius 2 is 2.00 bits per heavy atom. The van der Waals surface area contributed by atoms with Gasteiger partial charge in [-0.25, -0.2) is 4.79 Å². The zero-order valence-electron chi connectivity index (χ0n) is 14.5. The summed E-state index contributed by atoms with van der Waals surface area (Å²) in [7, 11) is 1.83. The molecule has 6 heteroatoms. The number of piperidine rings is 1. The molecule has 2 atom stereocenters. The number of nitrogens with one attached hydrogen (secondary N) is 1. The van der Waals surface area contributed by atoms with E-state index in [1.807, 2.05) is 18.0 Å². The molecule has 0 radical (unpaired) electrons. The van der Waals surface area contributed by atoms with Crippen molar-refractivity contribution in [3.63, 3.8) is 0 Å². The number of hydrogen-bond acceptors (Lipinski definition) is 3. The van der Waals surface area contributed by atoms with Gasteiger partial charge in [0.25, 0.3) is 0 Å². The summed E-state index contributed by atoms with van der Waals surface area (Å²) in [6.07, 6.45) is 8.99. The molecule has 2 amide bonds. The van der Waals surface area contributed by atoms with E-state index in [9.17, 15) is 4.79 Å². The van der Waals surface area contributed by atoms with Gasteiger partial charge in [0, 0.05) is 30.4 Å². The van der Waals surface area contributed by atoms with Crippen LogP contribution in [-0.4, -0.2) is 38.0 Å². The van der Waals surface area contributed by atoms with Crippen molar-refractivity contribution < 1.29 is 4.79 Å². The Balaban J connectivity index is 1.41. The molecule has 1 aromatic heterocycles. The van der Waals surface area contributed by atoms with Crippen molar-refractivity contribution in [1.82, 2.24) is 19.9 Å². The van der Waals surface area contributed by atoms with Crippen molar-refractivity contribution >= 4 is 11.7 Å². The molecule has 1 aliphatic carbocycles. The van der Waals surface area contributed by atoms with Gasteiger partial charge in [0.15, 0.2) is 0 Å². The number of carbonyl (C=O) groups is 1. The minimum absolute atomic E-state index is 0.0465. The minimum Gasteiger partial charge on any atom is -0.318 e. The predicted octanol–water partition coefficient (Wildman–Crippen LogP) is 3.52. The summed E-state index contributed by atoms with van der Waals surface area (Å²) in [6.45, 7) is 0. The first-order valence-electron chi connectivity index (χ1n) is 9.29. The van der Waals surface area contributed by atoms with Crippen LogP contribution in [0.5, 0.6) is 0 Å². The van der Waals surface area contributed by atoms with Crippen molar-refractivity contribution in [2.45, 2.75) is 56.5 Å². The molecule has 2 saturated heterocycles. The highest BCUT2D eigenvalue weighted by molar-refractivity contribution is 5.91. The van der Waals surface area contributed by atoms with Gasteiger partial charge in [-0.05, 0) is 62.1 Å². The summed E-state index contributed by atoms with van der Waals surface area (Å²) in [5, 5.41) is 11.8. The molecule has 0 spiro atoms. The third-order valence-corrected chi connectivity index (χ3v) is 5.84. The number of amides is 2. The van der Waals surface area contributed by atoms with Crippen LogP contribution in [0, 0.1) is 0 Å². The first kappa shape index (κ1) is 14.9. The summed E-state index contributed by atoms with van der Waals surface area (Å²) >= 11 is 0. The molecule has 2 aliphatic heterocycles. The van der Waals surface area contributed by atoms with Crippen molar-refractivity contribution in [2.24, 2.45) is 7.05 Å². The maximum atomic E-state index is 12.7. The van der Waals surface area contributed by atoms with Crippen LogP contribution in [0.4, 0.5) is 10.5 Å². The average molecular weight is 337 g/mol. The van der Waals surface area contributed by atoms with Gasteiger partial charge in [0.2, 0.25) is 0 Å². The highest BCUT2D eigenvalue weighted by Crippen LogP contribution is 2.45. The molecular weight excluding hydrogens is 314 g/mol. The molecule has 1 saturated carbocycles. The Morgan fingerprint density at radius 1 is 1.20 bits per heavy atom. The largest absolute Gasteiger partial charge is 0.322 e. The summed E-state index contributed by atoms with van der Waals surface area (Å²) in [4.78, 5) is 16.3. The van der Waals surface area contributed by atoms with Gasteiger partial charge in [-0.3, -0.25) is 0 Å². The van der Waals surface area contributed by atoms with E-state index in [1.54, 1.807) is 11.0 Å². The van der Waals surface area contributed by atoms with Crippen molar-refractivity contribution in [1.29, 1.82) is 0 Å². The highest BCUT2D eigenvalue weighted by Gasteiger charge is 2.44. The number of aromatic nitrogens is 3. The van der Waals surface area contributed by atoms with Crippen LogP contribution in [0.2, 0.25) is 0 Å². The lowest BCUT2D eigenvalue weighted by Crippen LogP contribution is -2.62. The van der Waals surface area contributed by atoms with Crippen LogP contribution in [-0.2, 0) is 7.05 Å². The van der Waals surface area contributed by atoms with Crippen molar-refractivity contribution in [2.75, 3.05) is 5.32 Å². The van der Waals surface area contributed by atoms with E-state index < -0.39 is 0 Å². The van der Waals surface area contributed by atoms with E-state index in [1.165, 1.54) is 31.2 Å². The van der Waals surface area contributed by atoms with E-state index in [0.29, 0.717) is 18.0 Å². The van der Waals surface area contributed by atoms with E-state index in [0.717, 1.165) is 29.8 Å². The Hall–Kier alpha value is -2.37. The molecule has 25 heavy (non-hydrogen) atoms. The molecule has 3 fully saturated rings. The van der Waals surface area contributed by atoms with Gasteiger partial charge in [-0.15, -0.1) is 0 Å². The normalized spacial score (nSPS) is 24.8. The number of rotatable bonds is 3.